The van der Waals surface area contributed by atoms with Gasteiger partial charge >= 0.3 is 0 Å². The number of aromatic nitrogens is 2. The average molecular weight is 371 g/mol. The molecular weight excluding hydrogens is 350 g/mol. The van der Waals surface area contributed by atoms with E-state index in [1.165, 1.54) is 11.3 Å². The van der Waals surface area contributed by atoms with E-state index in [2.05, 4.69) is 15.3 Å². The molecule has 26 heavy (non-hydrogen) atoms. The van der Waals surface area contributed by atoms with Gasteiger partial charge < -0.3 is 15.4 Å². The van der Waals surface area contributed by atoms with Crippen LogP contribution in [0, 0.1) is 13.8 Å². The molecule has 3 N–H and O–H groups in total. The third kappa shape index (κ3) is 4.00. The predicted octanol–water partition coefficient (Wildman–Crippen LogP) is 2.38. The van der Waals surface area contributed by atoms with Gasteiger partial charge in [-0.2, -0.15) is 0 Å². The molecule has 0 aliphatic carbocycles. The van der Waals surface area contributed by atoms with Gasteiger partial charge in [-0.1, -0.05) is 30.3 Å². The van der Waals surface area contributed by atoms with Gasteiger partial charge in [-0.05, 0) is 25.0 Å². The van der Waals surface area contributed by atoms with Crippen LogP contribution in [0.5, 0.6) is 0 Å². The van der Waals surface area contributed by atoms with E-state index in [-0.39, 0.29) is 24.4 Å². The average Bonchev–Trinajstić information content (AvgIpc) is 2.93. The van der Waals surface area contributed by atoms with E-state index in [0.717, 1.165) is 16.0 Å². The van der Waals surface area contributed by atoms with Gasteiger partial charge in [-0.25, -0.2) is 4.98 Å². The monoisotopic (exact) mass is 371 g/mol. The first-order valence-electron chi connectivity index (χ1n) is 8.44. The number of fused-ring (bicyclic) bond motifs is 1. The van der Waals surface area contributed by atoms with Crippen molar-refractivity contribution in [2.24, 2.45) is 0 Å². The number of aromatic amines is 1. The first kappa shape index (κ1) is 18.3. The van der Waals surface area contributed by atoms with E-state index < -0.39 is 6.10 Å². The zero-order chi connectivity index (χ0) is 18.7. The molecule has 0 radical (unpaired) electrons. The van der Waals surface area contributed by atoms with Crippen LogP contribution in [-0.2, 0) is 11.2 Å². The maximum Gasteiger partial charge on any atom is 0.259 e. The number of carbonyl (C=O) groups excluding carboxylic acids is 1. The maximum absolute atomic E-state index is 12.2. The van der Waals surface area contributed by atoms with Gasteiger partial charge in [0, 0.05) is 24.3 Å². The van der Waals surface area contributed by atoms with Crippen molar-refractivity contribution in [2.45, 2.75) is 32.8 Å². The maximum atomic E-state index is 12.2. The second-order valence-electron chi connectivity index (χ2n) is 6.21. The quantitative estimate of drug-likeness (QED) is 0.620. The van der Waals surface area contributed by atoms with Gasteiger partial charge in [-0.3, -0.25) is 9.59 Å². The summed E-state index contributed by atoms with van der Waals surface area (Å²) in [5.41, 5.74) is 1.55. The number of amides is 1. The molecule has 0 aliphatic rings. The lowest BCUT2D eigenvalue weighted by molar-refractivity contribution is -0.121. The molecule has 0 spiro atoms. The molecular formula is C19H21N3O3S. The third-order valence-electron chi connectivity index (χ3n) is 4.35. The Bertz CT molecular complexity index is 979. The molecule has 1 atom stereocenters. The number of nitrogens with one attached hydrogen (secondary N) is 2. The largest absolute Gasteiger partial charge is 0.387 e. The van der Waals surface area contributed by atoms with Gasteiger partial charge in [0.25, 0.3) is 5.56 Å². The minimum atomic E-state index is -0.744. The smallest absolute Gasteiger partial charge is 0.259 e. The highest BCUT2D eigenvalue weighted by atomic mass is 32.1. The number of hydrogen-bond acceptors (Lipinski definition) is 5. The van der Waals surface area contributed by atoms with Crippen LogP contribution < -0.4 is 10.9 Å². The molecule has 3 aromatic rings. The van der Waals surface area contributed by atoms with Gasteiger partial charge in [0.15, 0.2) is 0 Å². The van der Waals surface area contributed by atoms with Crippen LogP contribution in [0.1, 0.15) is 34.4 Å². The van der Waals surface area contributed by atoms with Gasteiger partial charge in [0.1, 0.15) is 10.7 Å². The highest BCUT2D eigenvalue weighted by molar-refractivity contribution is 7.18. The van der Waals surface area contributed by atoms with Crippen molar-refractivity contribution >= 4 is 27.5 Å². The van der Waals surface area contributed by atoms with Crippen molar-refractivity contribution in [1.29, 1.82) is 0 Å². The number of hydrogen-bond donors (Lipinski definition) is 3. The van der Waals surface area contributed by atoms with E-state index in [0.29, 0.717) is 22.5 Å². The molecule has 6 nitrogen and oxygen atoms in total. The minimum absolute atomic E-state index is 0.148. The molecule has 2 aromatic heterocycles. The molecule has 0 saturated heterocycles. The highest BCUT2D eigenvalue weighted by Crippen LogP contribution is 2.25. The van der Waals surface area contributed by atoms with Crippen molar-refractivity contribution in [2.75, 3.05) is 6.54 Å². The van der Waals surface area contributed by atoms with Crippen LogP contribution in [-0.4, -0.2) is 27.5 Å². The van der Waals surface area contributed by atoms with Crippen molar-refractivity contribution in [3.8, 4) is 0 Å². The molecule has 1 amide bonds. The summed E-state index contributed by atoms with van der Waals surface area (Å²) in [5, 5.41) is 13.4. The summed E-state index contributed by atoms with van der Waals surface area (Å²) < 4.78 is 0. The van der Waals surface area contributed by atoms with Crippen molar-refractivity contribution in [1.82, 2.24) is 15.3 Å². The fourth-order valence-corrected chi connectivity index (χ4v) is 3.79. The zero-order valence-corrected chi connectivity index (χ0v) is 15.5. The number of aliphatic hydroxyl groups excluding tert-OH is 1. The Hall–Kier alpha value is -2.51. The molecule has 0 saturated carbocycles. The van der Waals surface area contributed by atoms with Crippen LogP contribution >= 0.6 is 11.3 Å². The number of rotatable bonds is 6. The molecule has 1 aromatic carbocycles. The van der Waals surface area contributed by atoms with E-state index in [1.807, 2.05) is 44.2 Å². The SMILES string of the molecule is Cc1sc2nc(CCC(=O)NCC(O)c3ccccc3)[nH]c(=O)c2c1C. The fraction of sp³-hybridized carbons (Fsp3) is 0.316. The van der Waals surface area contributed by atoms with E-state index in [4.69, 9.17) is 0 Å². The predicted molar refractivity (Wildman–Crippen MR) is 102 cm³/mol. The standard InChI is InChI=1S/C19H21N3O3S/c1-11-12(2)26-19-17(11)18(25)21-15(22-19)8-9-16(24)20-10-14(23)13-6-4-3-5-7-13/h3-7,14,23H,8-10H2,1-2H3,(H,20,24)(H,21,22,25). The Morgan fingerprint density at radius 3 is 2.77 bits per heavy atom. The number of carbonyl (C=O) groups is 1. The van der Waals surface area contributed by atoms with Crippen molar-refractivity contribution in [3.05, 3.63) is 62.5 Å². The Balaban J connectivity index is 1.58. The Labute approximate surface area is 154 Å². The van der Waals surface area contributed by atoms with E-state index in [1.54, 1.807) is 0 Å². The second-order valence-corrected chi connectivity index (χ2v) is 7.41. The Morgan fingerprint density at radius 1 is 1.31 bits per heavy atom. The summed E-state index contributed by atoms with van der Waals surface area (Å²) in [7, 11) is 0. The number of H-pyrrole nitrogens is 1. The van der Waals surface area contributed by atoms with Crippen LogP contribution in [0.4, 0.5) is 0 Å². The van der Waals surface area contributed by atoms with Crippen molar-refractivity contribution in [3.63, 3.8) is 0 Å². The lowest BCUT2D eigenvalue weighted by atomic mass is 10.1. The lowest BCUT2D eigenvalue weighted by Gasteiger charge is -2.12. The molecule has 2 heterocycles. The summed E-state index contributed by atoms with van der Waals surface area (Å²) in [6.45, 7) is 4.03. The summed E-state index contributed by atoms with van der Waals surface area (Å²) in [5.74, 6) is 0.309. The lowest BCUT2D eigenvalue weighted by Crippen LogP contribution is -2.28. The van der Waals surface area contributed by atoms with Gasteiger partial charge in [-0.15, -0.1) is 11.3 Å². The van der Waals surface area contributed by atoms with Crippen LogP contribution in [0.15, 0.2) is 35.1 Å². The first-order valence-corrected chi connectivity index (χ1v) is 9.26. The molecule has 0 fully saturated rings. The molecule has 3 rings (SSSR count). The first-order chi connectivity index (χ1) is 12.5. The van der Waals surface area contributed by atoms with E-state index in [9.17, 15) is 14.7 Å². The number of aryl methyl sites for hydroxylation is 3. The summed E-state index contributed by atoms with van der Waals surface area (Å²) >= 11 is 1.49. The fourth-order valence-electron chi connectivity index (χ4n) is 2.74. The molecule has 7 heteroatoms. The van der Waals surface area contributed by atoms with Gasteiger partial charge in [0.05, 0.1) is 11.5 Å². The van der Waals surface area contributed by atoms with Gasteiger partial charge in [0.2, 0.25) is 5.91 Å². The Kier molecular flexibility index (Phi) is 5.49. The normalized spacial score (nSPS) is 12.3. The van der Waals surface area contributed by atoms with Crippen LogP contribution in [0.3, 0.4) is 0 Å². The molecule has 0 bridgehead atoms. The second kappa shape index (κ2) is 7.80. The van der Waals surface area contributed by atoms with Crippen LogP contribution in [0.25, 0.3) is 10.2 Å². The molecule has 1 unspecified atom stereocenters. The molecule has 136 valence electrons. The number of aliphatic hydroxyl groups is 1. The van der Waals surface area contributed by atoms with Crippen LogP contribution in [0.2, 0.25) is 0 Å². The highest BCUT2D eigenvalue weighted by Gasteiger charge is 2.13. The topological polar surface area (TPSA) is 95.1 Å². The van der Waals surface area contributed by atoms with Crippen molar-refractivity contribution < 1.29 is 9.90 Å². The number of benzene rings is 1. The number of nitrogens with zero attached hydrogens (tertiary/aromatic N) is 1. The van der Waals surface area contributed by atoms with E-state index >= 15 is 0 Å². The molecule has 0 aliphatic heterocycles. The summed E-state index contributed by atoms with van der Waals surface area (Å²) in [4.78, 5) is 33.3. The minimum Gasteiger partial charge on any atom is -0.387 e. The number of thiophene rings is 1. The summed E-state index contributed by atoms with van der Waals surface area (Å²) in [6.07, 6.45) is -0.209. The third-order valence-corrected chi connectivity index (χ3v) is 5.46. The summed E-state index contributed by atoms with van der Waals surface area (Å²) in [6, 6.07) is 9.17. The Morgan fingerprint density at radius 2 is 2.04 bits per heavy atom. The zero-order valence-electron chi connectivity index (χ0n) is 14.7.